The zero-order chi connectivity index (χ0) is 24.4. The second-order valence-corrected chi connectivity index (χ2v) is 10.7. The Hall–Kier alpha value is -2.65. The van der Waals surface area contributed by atoms with Crippen molar-refractivity contribution >= 4 is 51.8 Å². The van der Waals surface area contributed by atoms with Gasteiger partial charge in [-0.2, -0.15) is 11.8 Å². The number of carbonyl (C=O) groups is 4. The number of fused-ring (bicyclic) bond motifs is 2. The Morgan fingerprint density at radius 2 is 1.91 bits per heavy atom. The Morgan fingerprint density at radius 1 is 1.24 bits per heavy atom. The average Bonchev–Trinajstić information content (AvgIpc) is 3.29. The lowest BCUT2D eigenvalue weighted by Crippen LogP contribution is -2.47. The molecule has 2 atom stereocenters. The van der Waals surface area contributed by atoms with Crippen molar-refractivity contribution in [1.82, 2.24) is 4.90 Å². The molecule has 1 aliphatic carbocycles. The summed E-state index contributed by atoms with van der Waals surface area (Å²) in [6.07, 6.45) is 4.79. The number of nitrogens with zero attached hydrogens (tertiary/aromatic N) is 1. The molecule has 9 heteroatoms. The molecule has 0 bridgehead atoms. The van der Waals surface area contributed by atoms with Crippen LogP contribution in [0, 0.1) is 5.92 Å². The van der Waals surface area contributed by atoms with E-state index in [0.717, 1.165) is 34.6 Å². The molecule has 1 aromatic carbocycles. The van der Waals surface area contributed by atoms with E-state index >= 15 is 0 Å². The molecule has 0 fully saturated rings. The molecule has 34 heavy (non-hydrogen) atoms. The third-order valence-electron chi connectivity index (χ3n) is 6.26. The number of benzene rings is 1. The molecule has 0 spiro atoms. The molecule has 0 saturated carbocycles. The number of amides is 3. The van der Waals surface area contributed by atoms with Gasteiger partial charge in [0.05, 0.1) is 23.3 Å². The van der Waals surface area contributed by atoms with Crippen molar-refractivity contribution in [2.24, 2.45) is 5.92 Å². The van der Waals surface area contributed by atoms with E-state index in [0.29, 0.717) is 39.8 Å². The molecular formula is C25H28N2O5S2. The number of carbonyl (C=O) groups excluding carboxylic acids is 4. The number of thiophene rings is 1. The van der Waals surface area contributed by atoms with Gasteiger partial charge in [0, 0.05) is 4.88 Å². The maximum Gasteiger partial charge on any atom is 0.341 e. The van der Waals surface area contributed by atoms with Crippen LogP contribution in [0.5, 0.6) is 0 Å². The van der Waals surface area contributed by atoms with E-state index in [1.807, 2.05) is 6.26 Å². The van der Waals surface area contributed by atoms with E-state index in [1.54, 1.807) is 31.2 Å². The van der Waals surface area contributed by atoms with E-state index in [-0.39, 0.29) is 6.61 Å². The molecule has 2 aromatic rings. The monoisotopic (exact) mass is 500 g/mol. The van der Waals surface area contributed by atoms with Crippen LogP contribution in [0.15, 0.2) is 24.3 Å². The smallest absolute Gasteiger partial charge is 0.341 e. The highest BCUT2D eigenvalue weighted by atomic mass is 32.2. The van der Waals surface area contributed by atoms with Crippen LogP contribution in [0.1, 0.15) is 68.2 Å². The molecule has 1 N–H and O–H groups in total. The van der Waals surface area contributed by atoms with Gasteiger partial charge in [0.2, 0.25) is 5.91 Å². The molecule has 4 rings (SSSR count). The normalized spacial score (nSPS) is 17.9. The summed E-state index contributed by atoms with van der Waals surface area (Å²) < 4.78 is 5.30. The van der Waals surface area contributed by atoms with Gasteiger partial charge in [-0.25, -0.2) is 4.79 Å². The predicted molar refractivity (Wildman–Crippen MR) is 134 cm³/mol. The second-order valence-electron chi connectivity index (χ2n) is 8.59. The number of ether oxygens (including phenoxy) is 1. The van der Waals surface area contributed by atoms with E-state index in [1.165, 1.54) is 23.1 Å². The van der Waals surface area contributed by atoms with Crippen molar-refractivity contribution in [2.45, 2.75) is 45.6 Å². The fraction of sp³-hybridized carbons (Fsp3) is 0.440. The van der Waals surface area contributed by atoms with Crippen molar-refractivity contribution in [1.29, 1.82) is 0 Å². The molecule has 3 amide bonds. The molecule has 7 nitrogen and oxygen atoms in total. The Morgan fingerprint density at radius 3 is 2.53 bits per heavy atom. The standard InChI is InChI=1S/C25H28N2O5S2/c1-4-32-25(31)20-17-10-9-14(2)13-19(17)34-22(20)26-21(28)18(11-12-33-3)27-23(29)15-7-5-6-8-16(15)24(27)30/h5-8,14,18H,4,9-13H2,1-3H3,(H,26,28)/t14-,18+/m1/s1. The van der Waals surface area contributed by atoms with Crippen LogP contribution in [0.25, 0.3) is 0 Å². The van der Waals surface area contributed by atoms with Gasteiger partial charge in [0.15, 0.2) is 0 Å². The topological polar surface area (TPSA) is 92.8 Å². The maximum absolute atomic E-state index is 13.5. The summed E-state index contributed by atoms with van der Waals surface area (Å²) in [5.41, 5.74) is 1.97. The lowest BCUT2D eigenvalue weighted by molar-refractivity contribution is -0.120. The SMILES string of the molecule is CCOC(=O)c1c(NC(=O)[C@H](CCSC)N2C(=O)c3ccccc3C2=O)sc2c1CC[C@@H](C)C2. The fourth-order valence-electron chi connectivity index (χ4n) is 4.55. The Bertz CT molecular complexity index is 1110. The maximum atomic E-state index is 13.5. The van der Waals surface area contributed by atoms with Gasteiger partial charge in [0.1, 0.15) is 11.0 Å². The first-order chi connectivity index (χ1) is 16.4. The zero-order valence-electron chi connectivity index (χ0n) is 19.5. The minimum atomic E-state index is -0.979. The number of rotatable bonds is 8. The Kier molecular flexibility index (Phi) is 7.42. The molecule has 0 saturated heterocycles. The van der Waals surface area contributed by atoms with E-state index in [4.69, 9.17) is 4.74 Å². The largest absolute Gasteiger partial charge is 0.462 e. The predicted octanol–water partition coefficient (Wildman–Crippen LogP) is 4.41. The van der Waals surface area contributed by atoms with Crippen LogP contribution >= 0.6 is 23.1 Å². The highest BCUT2D eigenvalue weighted by molar-refractivity contribution is 7.98. The molecular weight excluding hydrogens is 472 g/mol. The van der Waals surface area contributed by atoms with Gasteiger partial charge in [-0.05, 0) is 68.2 Å². The Labute approximate surface area is 207 Å². The van der Waals surface area contributed by atoms with E-state index < -0.39 is 29.7 Å². The number of thioether (sulfide) groups is 1. The third kappa shape index (κ3) is 4.51. The van der Waals surface area contributed by atoms with Crippen LogP contribution in [0.2, 0.25) is 0 Å². The van der Waals surface area contributed by atoms with Gasteiger partial charge in [-0.15, -0.1) is 11.3 Å². The molecule has 1 aliphatic heterocycles. The number of esters is 1. The highest BCUT2D eigenvalue weighted by Crippen LogP contribution is 2.40. The molecule has 1 aromatic heterocycles. The van der Waals surface area contributed by atoms with Gasteiger partial charge >= 0.3 is 5.97 Å². The quantitative estimate of drug-likeness (QED) is 0.426. The molecule has 0 radical (unpaired) electrons. The van der Waals surface area contributed by atoms with Crippen LogP contribution in [0.4, 0.5) is 5.00 Å². The van der Waals surface area contributed by atoms with Gasteiger partial charge < -0.3 is 10.1 Å². The highest BCUT2D eigenvalue weighted by Gasteiger charge is 2.43. The third-order valence-corrected chi connectivity index (χ3v) is 8.08. The fourth-order valence-corrected chi connectivity index (χ4v) is 6.41. The molecule has 180 valence electrons. The lowest BCUT2D eigenvalue weighted by atomic mass is 9.88. The number of hydrogen-bond acceptors (Lipinski definition) is 7. The van der Waals surface area contributed by atoms with Gasteiger partial charge in [-0.1, -0.05) is 19.1 Å². The first-order valence-electron chi connectivity index (χ1n) is 11.5. The first-order valence-corrected chi connectivity index (χ1v) is 13.7. The van der Waals surface area contributed by atoms with Crippen LogP contribution in [-0.2, 0) is 22.4 Å². The molecule has 2 aliphatic rings. The van der Waals surface area contributed by atoms with Crippen molar-refractivity contribution in [3.63, 3.8) is 0 Å². The summed E-state index contributed by atoms with van der Waals surface area (Å²) in [5.74, 6) is -0.766. The summed E-state index contributed by atoms with van der Waals surface area (Å²) in [5, 5.41) is 3.34. The number of anilines is 1. The van der Waals surface area contributed by atoms with Crippen molar-refractivity contribution in [2.75, 3.05) is 23.9 Å². The second kappa shape index (κ2) is 10.3. The average molecular weight is 501 g/mol. The van der Waals surface area contributed by atoms with Crippen LogP contribution in [0.3, 0.4) is 0 Å². The van der Waals surface area contributed by atoms with Gasteiger partial charge in [0.25, 0.3) is 11.8 Å². The lowest BCUT2D eigenvalue weighted by Gasteiger charge is -2.25. The minimum absolute atomic E-state index is 0.235. The molecule has 0 unspecified atom stereocenters. The van der Waals surface area contributed by atoms with Crippen LogP contribution in [-0.4, -0.2) is 53.2 Å². The zero-order valence-corrected chi connectivity index (χ0v) is 21.1. The summed E-state index contributed by atoms with van der Waals surface area (Å²) in [4.78, 5) is 54.7. The summed E-state index contributed by atoms with van der Waals surface area (Å²) >= 11 is 2.93. The number of hydrogen-bond donors (Lipinski definition) is 1. The summed E-state index contributed by atoms with van der Waals surface area (Å²) in [7, 11) is 0. The summed E-state index contributed by atoms with van der Waals surface area (Å²) in [6, 6.07) is 5.63. The van der Waals surface area contributed by atoms with Gasteiger partial charge in [-0.3, -0.25) is 19.3 Å². The molecule has 2 heterocycles. The van der Waals surface area contributed by atoms with Crippen LogP contribution < -0.4 is 5.32 Å². The van der Waals surface area contributed by atoms with Crippen molar-refractivity contribution in [3.8, 4) is 0 Å². The van der Waals surface area contributed by atoms with Crippen molar-refractivity contribution in [3.05, 3.63) is 51.4 Å². The van der Waals surface area contributed by atoms with E-state index in [2.05, 4.69) is 12.2 Å². The van der Waals surface area contributed by atoms with E-state index in [9.17, 15) is 19.2 Å². The summed E-state index contributed by atoms with van der Waals surface area (Å²) in [6.45, 7) is 4.15. The number of nitrogens with one attached hydrogen (secondary N) is 1. The Balaban J connectivity index is 1.66. The van der Waals surface area contributed by atoms with Crippen molar-refractivity contribution < 1.29 is 23.9 Å². The first kappa shape index (κ1) is 24.5. The minimum Gasteiger partial charge on any atom is -0.462 e. The number of imide groups is 1.